The Balaban J connectivity index is 1.97. The lowest BCUT2D eigenvalue weighted by Crippen LogP contribution is -2.10. The van der Waals surface area contributed by atoms with E-state index in [1.807, 2.05) is 48.5 Å². The van der Waals surface area contributed by atoms with E-state index < -0.39 is 10.8 Å². The van der Waals surface area contributed by atoms with Gasteiger partial charge < -0.3 is 0 Å². The van der Waals surface area contributed by atoms with Gasteiger partial charge in [0, 0.05) is 31.9 Å². The van der Waals surface area contributed by atoms with E-state index in [2.05, 4.69) is 4.98 Å². The zero-order valence-electron chi connectivity index (χ0n) is 12.0. The summed E-state index contributed by atoms with van der Waals surface area (Å²) in [5.74, 6) is 0.473. The van der Waals surface area contributed by atoms with Gasteiger partial charge in [0.05, 0.1) is 16.5 Å². The molecule has 0 aliphatic heterocycles. The Morgan fingerprint density at radius 2 is 1.48 bits per heavy atom. The molecule has 6 heteroatoms. The molecule has 0 N–H and O–H groups in total. The SMILES string of the molecule is O=S(Cc1cncs1)C(c1ccc(Cl)cc1)c1ccc(Cl)cc1. The molecule has 0 aliphatic rings. The van der Waals surface area contributed by atoms with E-state index in [0.717, 1.165) is 16.0 Å². The van der Waals surface area contributed by atoms with Crippen LogP contribution in [0.1, 0.15) is 21.3 Å². The molecule has 0 aliphatic carbocycles. The van der Waals surface area contributed by atoms with Crippen molar-refractivity contribution in [2.24, 2.45) is 0 Å². The number of nitrogens with zero attached hydrogens (tertiary/aromatic N) is 1. The van der Waals surface area contributed by atoms with E-state index in [-0.39, 0.29) is 5.25 Å². The third-order valence-corrected chi connectivity index (χ3v) is 6.51. The predicted octanol–water partition coefficient (Wildman–Crippen LogP) is 5.49. The first kappa shape index (κ1) is 16.7. The van der Waals surface area contributed by atoms with Gasteiger partial charge in [0.25, 0.3) is 0 Å². The summed E-state index contributed by atoms with van der Waals surface area (Å²) in [7, 11) is -1.12. The van der Waals surface area contributed by atoms with Gasteiger partial charge in [-0.05, 0) is 35.4 Å². The van der Waals surface area contributed by atoms with Crippen LogP contribution in [0.4, 0.5) is 0 Å². The molecule has 1 unspecified atom stereocenters. The quantitative estimate of drug-likeness (QED) is 0.584. The van der Waals surface area contributed by atoms with Gasteiger partial charge in [-0.1, -0.05) is 47.5 Å². The van der Waals surface area contributed by atoms with Crippen molar-refractivity contribution in [1.29, 1.82) is 0 Å². The molecule has 3 aromatic rings. The highest BCUT2D eigenvalue weighted by Crippen LogP contribution is 2.32. The van der Waals surface area contributed by atoms with Gasteiger partial charge in [-0.15, -0.1) is 11.3 Å². The van der Waals surface area contributed by atoms with E-state index >= 15 is 0 Å². The highest BCUT2D eigenvalue weighted by molar-refractivity contribution is 7.84. The second-order valence-corrected chi connectivity index (χ2v) is 8.34. The molecule has 0 bridgehead atoms. The molecule has 0 saturated heterocycles. The Labute approximate surface area is 151 Å². The summed E-state index contributed by atoms with van der Waals surface area (Å²) >= 11 is 13.5. The average Bonchev–Trinajstić information content (AvgIpc) is 3.04. The van der Waals surface area contributed by atoms with Crippen LogP contribution in [0.25, 0.3) is 0 Å². The summed E-state index contributed by atoms with van der Waals surface area (Å²) < 4.78 is 13.0. The summed E-state index contributed by atoms with van der Waals surface area (Å²) in [6.45, 7) is 0. The summed E-state index contributed by atoms with van der Waals surface area (Å²) in [6, 6.07) is 15.0. The maximum atomic E-state index is 13.0. The highest BCUT2D eigenvalue weighted by atomic mass is 35.5. The van der Waals surface area contributed by atoms with Gasteiger partial charge in [-0.25, -0.2) is 0 Å². The fourth-order valence-corrected chi connectivity index (χ4v) is 5.00. The second kappa shape index (κ2) is 7.58. The van der Waals surface area contributed by atoms with Crippen molar-refractivity contribution in [3.8, 4) is 0 Å². The fraction of sp³-hybridized carbons (Fsp3) is 0.118. The number of hydrogen-bond acceptors (Lipinski definition) is 3. The summed E-state index contributed by atoms with van der Waals surface area (Å²) in [4.78, 5) is 5.06. The zero-order valence-corrected chi connectivity index (χ0v) is 15.1. The normalized spacial score (nSPS) is 12.5. The minimum Gasteiger partial charge on any atom is -0.258 e. The topological polar surface area (TPSA) is 30.0 Å². The Hall–Kier alpha value is -1.20. The zero-order chi connectivity index (χ0) is 16.2. The predicted molar refractivity (Wildman–Crippen MR) is 98.7 cm³/mol. The van der Waals surface area contributed by atoms with E-state index in [9.17, 15) is 4.21 Å². The molecule has 2 aromatic carbocycles. The monoisotopic (exact) mass is 381 g/mol. The van der Waals surface area contributed by atoms with Crippen LogP contribution in [0.5, 0.6) is 0 Å². The van der Waals surface area contributed by atoms with E-state index in [0.29, 0.717) is 15.8 Å². The Bertz CT molecular complexity index is 741. The summed E-state index contributed by atoms with van der Waals surface area (Å²) in [6.07, 6.45) is 1.77. The highest BCUT2D eigenvalue weighted by Gasteiger charge is 2.22. The third kappa shape index (κ3) is 4.21. The smallest absolute Gasteiger partial charge is 0.0850 e. The van der Waals surface area contributed by atoms with Crippen LogP contribution in [-0.4, -0.2) is 9.19 Å². The minimum absolute atomic E-state index is 0.230. The van der Waals surface area contributed by atoms with Crippen molar-refractivity contribution in [2.45, 2.75) is 11.0 Å². The Morgan fingerprint density at radius 3 is 1.91 bits per heavy atom. The van der Waals surface area contributed by atoms with Crippen LogP contribution < -0.4 is 0 Å². The van der Waals surface area contributed by atoms with E-state index in [1.54, 1.807) is 11.7 Å². The molecular formula is C17H13Cl2NOS2. The van der Waals surface area contributed by atoms with Gasteiger partial charge in [-0.3, -0.25) is 9.19 Å². The molecule has 1 heterocycles. The van der Waals surface area contributed by atoms with Crippen molar-refractivity contribution >= 4 is 45.3 Å². The number of halogens is 2. The first-order valence-electron chi connectivity index (χ1n) is 6.89. The second-order valence-electron chi connectivity index (χ2n) is 4.98. The number of benzene rings is 2. The van der Waals surface area contributed by atoms with Crippen molar-refractivity contribution in [1.82, 2.24) is 4.98 Å². The largest absolute Gasteiger partial charge is 0.258 e. The average molecular weight is 382 g/mol. The standard InChI is InChI=1S/C17H13Cl2NOS2/c18-14-5-1-12(2-6-14)17(13-3-7-15(19)8-4-13)23(21)10-16-9-20-11-22-16/h1-9,11,17H,10H2. The van der Waals surface area contributed by atoms with Crippen LogP contribution in [0.15, 0.2) is 60.2 Å². The molecule has 0 amide bonds. The minimum atomic E-state index is -1.12. The molecule has 118 valence electrons. The summed E-state index contributed by atoms with van der Waals surface area (Å²) in [5.41, 5.74) is 3.70. The lowest BCUT2D eigenvalue weighted by molar-refractivity contribution is 0.678. The van der Waals surface area contributed by atoms with Crippen molar-refractivity contribution in [2.75, 3.05) is 0 Å². The van der Waals surface area contributed by atoms with E-state index in [4.69, 9.17) is 23.2 Å². The molecule has 1 aromatic heterocycles. The number of aromatic nitrogens is 1. The maximum Gasteiger partial charge on any atom is 0.0850 e. The van der Waals surface area contributed by atoms with Gasteiger partial charge in [-0.2, -0.15) is 0 Å². The molecule has 0 radical (unpaired) electrons. The molecule has 0 spiro atoms. The summed E-state index contributed by atoms with van der Waals surface area (Å²) in [5, 5.41) is 1.10. The first-order chi connectivity index (χ1) is 11.1. The van der Waals surface area contributed by atoms with Gasteiger partial charge in [0.2, 0.25) is 0 Å². The number of rotatable bonds is 5. The molecule has 0 saturated carbocycles. The van der Waals surface area contributed by atoms with Gasteiger partial charge >= 0.3 is 0 Å². The van der Waals surface area contributed by atoms with E-state index in [1.165, 1.54) is 11.3 Å². The van der Waals surface area contributed by atoms with Gasteiger partial charge in [0.1, 0.15) is 0 Å². The number of hydrogen-bond donors (Lipinski definition) is 0. The Kier molecular flexibility index (Phi) is 5.49. The fourth-order valence-electron chi connectivity index (χ4n) is 2.31. The molecule has 3 rings (SSSR count). The van der Waals surface area contributed by atoms with Crippen molar-refractivity contribution < 1.29 is 4.21 Å². The lowest BCUT2D eigenvalue weighted by atomic mass is 10.0. The molecule has 2 nitrogen and oxygen atoms in total. The number of thiazole rings is 1. The van der Waals surface area contributed by atoms with Gasteiger partial charge in [0.15, 0.2) is 0 Å². The van der Waals surface area contributed by atoms with Crippen LogP contribution in [0.3, 0.4) is 0 Å². The van der Waals surface area contributed by atoms with Crippen LogP contribution in [0, 0.1) is 0 Å². The lowest BCUT2D eigenvalue weighted by Gasteiger charge is -2.17. The van der Waals surface area contributed by atoms with Crippen LogP contribution in [0.2, 0.25) is 10.0 Å². The van der Waals surface area contributed by atoms with Crippen molar-refractivity contribution in [3.63, 3.8) is 0 Å². The Morgan fingerprint density at radius 1 is 0.957 bits per heavy atom. The third-order valence-electron chi connectivity index (χ3n) is 3.38. The molecule has 0 fully saturated rings. The molecule has 1 atom stereocenters. The first-order valence-corrected chi connectivity index (χ1v) is 9.91. The van der Waals surface area contributed by atoms with Crippen LogP contribution >= 0.6 is 34.5 Å². The van der Waals surface area contributed by atoms with Crippen LogP contribution in [-0.2, 0) is 16.6 Å². The molecule has 23 heavy (non-hydrogen) atoms. The maximum absolute atomic E-state index is 13.0. The van der Waals surface area contributed by atoms with Crippen molar-refractivity contribution in [3.05, 3.63) is 86.3 Å². The molecular weight excluding hydrogens is 369 g/mol.